The lowest BCUT2D eigenvalue weighted by Gasteiger charge is -2.15. The van der Waals surface area contributed by atoms with Gasteiger partial charge in [-0.3, -0.25) is 0 Å². The first-order chi connectivity index (χ1) is 9.36. The van der Waals surface area contributed by atoms with E-state index < -0.39 is 0 Å². The Hall–Kier alpha value is -1.95. The van der Waals surface area contributed by atoms with Crippen molar-refractivity contribution in [3.05, 3.63) is 34.9 Å². The molecule has 3 rings (SSSR count). The molecule has 0 saturated heterocycles. The average Bonchev–Trinajstić information content (AvgIpc) is 2.93. The number of hydrogen-bond acceptors (Lipinski definition) is 3. The lowest BCUT2D eigenvalue weighted by molar-refractivity contribution is 0.174. The molecule has 0 N–H and O–H groups in total. The predicted octanol–water partition coefficient (Wildman–Crippen LogP) is 3.74. The molecular formula is C16H17NO2. The smallest absolute Gasteiger partial charge is 0.231 e. The van der Waals surface area contributed by atoms with Gasteiger partial charge < -0.3 is 9.47 Å². The first kappa shape index (κ1) is 12.1. The molecule has 1 aromatic rings. The first-order valence-electron chi connectivity index (χ1n) is 6.86. The summed E-state index contributed by atoms with van der Waals surface area (Å²) in [6.07, 6.45) is 6.64. The predicted molar refractivity (Wildman–Crippen MR) is 72.0 cm³/mol. The van der Waals surface area contributed by atoms with Crippen molar-refractivity contribution in [2.24, 2.45) is 0 Å². The highest BCUT2D eigenvalue weighted by atomic mass is 16.7. The summed E-state index contributed by atoms with van der Waals surface area (Å²) in [6, 6.07) is 8.34. The molecule has 1 aliphatic carbocycles. The van der Waals surface area contributed by atoms with Gasteiger partial charge in [-0.1, -0.05) is 18.1 Å². The molecule has 1 saturated carbocycles. The molecule has 0 atom stereocenters. The topological polar surface area (TPSA) is 42.2 Å². The molecule has 0 spiro atoms. The van der Waals surface area contributed by atoms with Crippen LogP contribution in [0.4, 0.5) is 0 Å². The molecule has 0 unspecified atom stereocenters. The summed E-state index contributed by atoms with van der Waals surface area (Å²) in [6.45, 7) is 0.297. The molecule has 0 bridgehead atoms. The maximum atomic E-state index is 9.37. The van der Waals surface area contributed by atoms with E-state index in [0.29, 0.717) is 13.2 Å². The minimum Gasteiger partial charge on any atom is -0.454 e. The van der Waals surface area contributed by atoms with Gasteiger partial charge in [0.2, 0.25) is 6.79 Å². The summed E-state index contributed by atoms with van der Waals surface area (Å²) in [7, 11) is 0. The quantitative estimate of drug-likeness (QED) is 0.756. The summed E-state index contributed by atoms with van der Waals surface area (Å²) < 4.78 is 10.7. The summed E-state index contributed by atoms with van der Waals surface area (Å²) in [5.74, 6) is 1.59. The van der Waals surface area contributed by atoms with Crippen molar-refractivity contribution < 1.29 is 9.47 Å². The third-order valence-corrected chi connectivity index (χ3v) is 3.84. The van der Waals surface area contributed by atoms with Crippen molar-refractivity contribution in [2.75, 3.05) is 6.79 Å². The van der Waals surface area contributed by atoms with E-state index in [9.17, 15) is 5.26 Å². The van der Waals surface area contributed by atoms with Crippen LogP contribution in [0.3, 0.4) is 0 Å². The molecule has 0 aromatic heterocycles. The third kappa shape index (κ3) is 2.58. The number of allylic oxidation sites excluding steroid dienone is 2. The molecule has 1 aliphatic heterocycles. The van der Waals surface area contributed by atoms with Crippen LogP contribution in [-0.2, 0) is 6.42 Å². The fourth-order valence-electron chi connectivity index (χ4n) is 2.78. The molecule has 3 heteroatoms. The zero-order chi connectivity index (χ0) is 13.1. The summed E-state index contributed by atoms with van der Waals surface area (Å²) >= 11 is 0. The molecule has 1 fully saturated rings. The van der Waals surface area contributed by atoms with Gasteiger partial charge in [0.15, 0.2) is 11.5 Å². The zero-order valence-electron chi connectivity index (χ0n) is 10.9. The van der Waals surface area contributed by atoms with Gasteiger partial charge in [0.25, 0.3) is 0 Å². The number of benzene rings is 1. The van der Waals surface area contributed by atoms with Crippen LogP contribution in [0.15, 0.2) is 29.3 Å². The van der Waals surface area contributed by atoms with E-state index in [1.165, 1.54) is 24.8 Å². The third-order valence-electron chi connectivity index (χ3n) is 3.84. The van der Waals surface area contributed by atoms with E-state index in [-0.39, 0.29) is 0 Å². The largest absolute Gasteiger partial charge is 0.454 e. The highest BCUT2D eigenvalue weighted by molar-refractivity contribution is 5.46. The Balaban J connectivity index is 1.81. The molecule has 98 valence electrons. The van der Waals surface area contributed by atoms with E-state index in [0.717, 1.165) is 35.5 Å². The second-order valence-electron chi connectivity index (χ2n) is 5.12. The Morgan fingerprint density at radius 1 is 1.11 bits per heavy atom. The lowest BCUT2D eigenvalue weighted by atomic mass is 9.89. The van der Waals surface area contributed by atoms with Gasteiger partial charge in [-0.15, -0.1) is 0 Å². The first-order valence-corrected chi connectivity index (χ1v) is 6.86. The normalized spacial score (nSPS) is 17.1. The molecule has 19 heavy (non-hydrogen) atoms. The second-order valence-corrected chi connectivity index (χ2v) is 5.12. The van der Waals surface area contributed by atoms with E-state index >= 15 is 0 Å². The summed E-state index contributed by atoms with van der Waals surface area (Å²) in [5.41, 5.74) is 3.42. The minimum absolute atomic E-state index is 0.297. The van der Waals surface area contributed by atoms with Crippen LogP contribution in [0.5, 0.6) is 11.5 Å². The second kappa shape index (κ2) is 5.36. The number of nitrogens with zero attached hydrogens (tertiary/aromatic N) is 1. The number of fused-ring (bicyclic) bond motifs is 1. The standard InChI is InChI=1S/C16H17NO2/c17-10-14(13-4-2-1-3-5-13)8-12-6-7-15-16(9-12)19-11-18-15/h6-7,9H,1-5,8,11H2. The SMILES string of the molecule is N#CC(Cc1ccc2c(c1)OCO2)=C1CCCCC1. The average molecular weight is 255 g/mol. The molecule has 2 aliphatic rings. The van der Waals surface area contributed by atoms with Gasteiger partial charge in [-0.2, -0.15) is 5.26 Å². The van der Waals surface area contributed by atoms with Gasteiger partial charge in [-0.25, -0.2) is 0 Å². The Kier molecular flexibility index (Phi) is 3.41. The molecule has 1 heterocycles. The van der Waals surface area contributed by atoms with Gasteiger partial charge >= 0.3 is 0 Å². The van der Waals surface area contributed by atoms with Crippen molar-refractivity contribution >= 4 is 0 Å². The van der Waals surface area contributed by atoms with Crippen molar-refractivity contribution in [2.45, 2.75) is 38.5 Å². The van der Waals surface area contributed by atoms with Gasteiger partial charge in [0, 0.05) is 12.0 Å². The zero-order valence-corrected chi connectivity index (χ0v) is 10.9. The van der Waals surface area contributed by atoms with Crippen LogP contribution in [0, 0.1) is 11.3 Å². The van der Waals surface area contributed by atoms with Crippen LogP contribution >= 0.6 is 0 Å². The Bertz CT molecular complexity index is 546. The van der Waals surface area contributed by atoms with Crippen molar-refractivity contribution in [3.8, 4) is 17.6 Å². The molecule has 0 amide bonds. The van der Waals surface area contributed by atoms with E-state index in [2.05, 4.69) is 6.07 Å². The number of rotatable bonds is 2. The Morgan fingerprint density at radius 3 is 2.68 bits per heavy atom. The van der Waals surface area contributed by atoms with Crippen molar-refractivity contribution in [3.63, 3.8) is 0 Å². The van der Waals surface area contributed by atoms with E-state index in [4.69, 9.17) is 9.47 Å². The highest BCUT2D eigenvalue weighted by Crippen LogP contribution is 2.34. The number of hydrogen-bond donors (Lipinski definition) is 0. The lowest BCUT2D eigenvalue weighted by Crippen LogP contribution is -2.00. The van der Waals surface area contributed by atoms with E-state index in [1.54, 1.807) is 0 Å². The van der Waals surface area contributed by atoms with Crippen molar-refractivity contribution in [1.29, 1.82) is 5.26 Å². The molecule has 1 aromatic carbocycles. The number of ether oxygens (including phenoxy) is 2. The van der Waals surface area contributed by atoms with Crippen molar-refractivity contribution in [1.82, 2.24) is 0 Å². The Morgan fingerprint density at radius 2 is 1.89 bits per heavy atom. The van der Waals surface area contributed by atoms with Crippen LogP contribution in [-0.4, -0.2) is 6.79 Å². The number of nitriles is 1. The van der Waals surface area contributed by atoms with E-state index in [1.807, 2.05) is 18.2 Å². The minimum atomic E-state index is 0.297. The van der Waals surface area contributed by atoms with Gasteiger partial charge in [0.05, 0.1) is 6.07 Å². The van der Waals surface area contributed by atoms with Gasteiger partial charge in [-0.05, 0) is 43.4 Å². The summed E-state index contributed by atoms with van der Waals surface area (Å²) in [4.78, 5) is 0. The molecule has 0 radical (unpaired) electrons. The Labute approximate surface area is 113 Å². The fraction of sp³-hybridized carbons (Fsp3) is 0.438. The maximum Gasteiger partial charge on any atom is 0.231 e. The van der Waals surface area contributed by atoms with Crippen LogP contribution in [0.1, 0.15) is 37.7 Å². The summed E-state index contributed by atoms with van der Waals surface area (Å²) in [5, 5.41) is 9.37. The van der Waals surface area contributed by atoms with Crippen LogP contribution in [0.2, 0.25) is 0 Å². The van der Waals surface area contributed by atoms with Crippen LogP contribution in [0.25, 0.3) is 0 Å². The monoisotopic (exact) mass is 255 g/mol. The van der Waals surface area contributed by atoms with Gasteiger partial charge in [0.1, 0.15) is 0 Å². The fourth-order valence-corrected chi connectivity index (χ4v) is 2.78. The molecular weight excluding hydrogens is 238 g/mol. The van der Waals surface area contributed by atoms with Crippen LogP contribution < -0.4 is 9.47 Å². The maximum absolute atomic E-state index is 9.37. The highest BCUT2D eigenvalue weighted by Gasteiger charge is 2.15. The molecule has 3 nitrogen and oxygen atoms in total.